The SMILES string of the molecule is CC[C@H](N)CNCCCOCc1ccccc1. The average Bonchev–Trinajstić information content (AvgIpc) is 2.38. The molecular formula is C14H24N2O. The molecule has 0 saturated carbocycles. The Morgan fingerprint density at radius 3 is 2.76 bits per heavy atom. The van der Waals surface area contributed by atoms with E-state index in [-0.39, 0.29) is 6.04 Å². The summed E-state index contributed by atoms with van der Waals surface area (Å²) in [6, 6.07) is 10.5. The van der Waals surface area contributed by atoms with E-state index in [1.165, 1.54) is 5.56 Å². The van der Waals surface area contributed by atoms with Crippen LogP contribution in [0.2, 0.25) is 0 Å². The Labute approximate surface area is 104 Å². The number of hydrogen-bond donors (Lipinski definition) is 2. The number of ether oxygens (including phenoxy) is 1. The van der Waals surface area contributed by atoms with E-state index in [1.807, 2.05) is 18.2 Å². The Bertz CT molecular complexity index is 277. The zero-order valence-corrected chi connectivity index (χ0v) is 10.7. The molecule has 1 aromatic carbocycles. The number of nitrogens with two attached hydrogens (primary N) is 1. The van der Waals surface area contributed by atoms with Gasteiger partial charge in [0, 0.05) is 19.2 Å². The summed E-state index contributed by atoms with van der Waals surface area (Å²) in [6.45, 7) is 5.48. The molecule has 1 atom stereocenters. The van der Waals surface area contributed by atoms with Crippen LogP contribution in [-0.2, 0) is 11.3 Å². The average molecular weight is 236 g/mol. The highest BCUT2D eigenvalue weighted by Gasteiger charge is 1.97. The second kappa shape index (κ2) is 9.16. The van der Waals surface area contributed by atoms with E-state index in [9.17, 15) is 0 Å². The van der Waals surface area contributed by atoms with Crippen LogP contribution in [-0.4, -0.2) is 25.7 Å². The molecule has 3 N–H and O–H groups in total. The van der Waals surface area contributed by atoms with Gasteiger partial charge < -0.3 is 15.8 Å². The van der Waals surface area contributed by atoms with Gasteiger partial charge >= 0.3 is 0 Å². The molecule has 0 heterocycles. The van der Waals surface area contributed by atoms with Crippen molar-refractivity contribution in [3.8, 4) is 0 Å². The lowest BCUT2D eigenvalue weighted by atomic mass is 10.2. The zero-order chi connectivity index (χ0) is 12.3. The predicted octanol–water partition coefficient (Wildman–Crippen LogP) is 1.92. The number of rotatable bonds is 9. The lowest BCUT2D eigenvalue weighted by Gasteiger charge is -2.10. The van der Waals surface area contributed by atoms with Crippen molar-refractivity contribution in [2.75, 3.05) is 19.7 Å². The Morgan fingerprint density at radius 1 is 1.29 bits per heavy atom. The first-order valence-corrected chi connectivity index (χ1v) is 6.41. The first-order valence-electron chi connectivity index (χ1n) is 6.41. The van der Waals surface area contributed by atoms with E-state index in [2.05, 4.69) is 24.4 Å². The lowest BCUT2D eigenvalue weighted by Crippen LogP contribution is -2.33. The highest BCUT2D eigenvalue weighted by molar-refractivity contribution is 5.13. The van der Waals surface area contributed by atoms with Crippen LogP contribution in [0.4, 0.5) is 0 Å². The molecule has 0 spiro atoms. The van der Waals surface area contributed by atoms with Gasteiger partial charge in [0.2, 0.25) is 0 Å². The smallest absolute Gasteiger partial charge is 0.0716 e. The van der Waals surface area contributed by atoms with Crippen LogP contribution in [0.1, 0.15) is 25.3 Å². The van der Waals surface area contributed by atoms with Crippen molar-refractivity contribution >= 4 is 0 Å². The van der Waals surface area contributed by atoms with Gasteiger partial charge in [-0.3, -0.25) is 0 Å². The summed E-state index contributed by atoms with van der Waals surface area (Å²) in [7, 11) is 0. The third kappa shape index (κ3) is 7.10. The van der Waals surface area contributed by atoms with Gasteiger partial charge in [0.25, 0.3) is 0 Å². The number of nitrogens with one attached hydrogen (secondary N) is 1. The van der Waals surface area contributed by atoms with Crippen LogP contribution in [0.15, 0.2) is 30.3 Å². The minimum Gasteiger partial charge on any atom is -0.377 e. The quantitative estimate of drug-likeness (QED) is 0.644. The van der Waals surface area contributed by atoms with Crippen molar-refractivity contribution in [2.24, 2.45) is 5.73 Å². The van der Waals surface area contributed by atoms with Gasteiger partial charge in [-0.2, -0.15) is 0 Å². The molecule has 0 aliphatic carbocycles. The first-order chi connectivity index (χ1) is 8.33. The number of hydrogen-bond acceptors (Lipinski definition) is 3. The predicted molar refractivity (Wildman–Crippen MR) is 71.9 cm³/mol. The molecule has 0 fully saturated rings. The van der Waals surface area contributed by atoms with Gasteiger partial charge in [-0.05, 0) is 24.9 Å². The van der Waals surface area contributed by atoms with Gasteiger partial charge in [0.15, 0.2) is 0 Å². The summed E-state index contributed by atoms with van der Waals surface area (Å²) in [6.07, 6.45) is 2.06. The van der Waals surface area contributed by atoms with Crippen molar-refractivity contribution in [3.05, 3.63) is 35.9 Å². The first kappa shape index (κ1) is 14.2. The molecule has 0 unspecified atom stereocenters. The van der Waals surface area contributed by atoms with Crippen molar-refractivity contribution in [2.45, 2.75) is 32.4 Å². The summed E-state index contributed by atoms with van der Waals surface area (Å²) in [5.74, 6) is 0. The molecule has 0 bridgehead atoms. The van der Waals surface area contributed by atoms with E-state index in [0.29, 0.717) is 6.61 Å². The summed E-state index contributed by atoms with van der Waals surface area (Å²) in [5.41, 5.74) is 7.03. The fraction of sp³-hybridized carbons (Fsp3) is 0.571. The third-order valence-electron chi connectivity index (χ3n) is 2.68. The Morgan fingerprint density at radius 2 is 2.06 bits per heavy atom. The molecule has 3 nitrogen and oxygen atoms in total. The van der Waals surface area contributed by atoms with Crippen molar-refractivity contribution in [1.82, 2.24) is 5.32 Å². The van der Waals surface area contributed by atoms with Gasteiger partial charge in [0.05, 0.1) is 6.61 Å². The molecule has 1 aromatic rings. The highest BCUT2D eigenvalue weighted by Crippen LogP contribution is 2.00. The van der Waals surface area contributed by atoms with E-state index >= 15 is 0 Å². The molecular weight excluding hydrogens is 212 g/mol. The normalized spacial score (nSPS) is 12.6. The van der Waals surface area contributed by atoms with Crippen LogP contribution in [0, 0.1) is 0 Å². The van der Waals surface area contributed by atoms with E-state index in [1.54, 1.807) is 0 Å². The maximum Gasteiger partial charge on any atom is 0.0716 e. The van der Waals surface area contributed by atoms with E-state index < -0.39 is 0 Å². The van der Waals surface area contributed by atoms with E-state index in [4.69, 9.17) is 10.5 Å². The molecule has 96 valence electrons. The molecule has 1 rings (SSSR count). The molecule has 0 aliphatic rings. The second-order valence-electron chi connectivity index (χ2n) is 4.26. The molecule has 17 heavy (non-hydrogen) atoms. The monoisotopic (exact) mass is 236 g/mol. The van der Waals surface area contributed by atoms with Crippen molar-refractivity contribution < 1.29 is 4.74 Å². The summed E-state index contributed by atoms with van der Waals surface area (Å²) >= 11 is 0. The molecule has 0 aromatic heterocycles. The lowest BCUT2D eigenvalue weighted by molar-refractivity contribution is 0.118. The van der Waals surface area contributed by atoms with Crippen LogP contribution in [0.25, 0.3) is 0 Å². The summed E-state index contributed by atoms with van der Waals surface area (Å²) in [4.78, 5) is 0. The van der Waals surface area contributed by atoms with Crippen LogP contribution >= 0.6 is 0 Å². The van der Waals surface area contributed by atoms with Gasteiger partial charge in [-0.15, -0.1) is 0 Å². The fourth-order valence-electron chi connectivity index (χ4n) is 1.50. The van der Waals surface area contributed by atoms with Gasteiger partial charge in [-0.25, -0.2) is 0 Å². The second-order valence-corrected chi connectivity index (χ2v) is 4.26. The maximum atomic E-state index is 5.80. The minimum absolute atomic E-state index is 0.278. The Kier molecular flexibility index (Phi) is 7.63. The zero-order valence-electron chi connectivity index (χ0n) is 10.7. The van der Waals surface area contributed by atoms with E-state index in [0.717, 1.165) is 32.5 Å². The molecule has 0 radical (unpaired) electrons. The van der Waals surface area contributed by atoms with Crippen LogP contribution in [0.5, 0.6) is 0 Å². The standard InChI is InChI=1S/C14H24N2O/c1-2-14(15)11-16-9-6-10-17-12-13-7-4-3-5-8-13/h3-5,7-8,14,16H,2,6,9-12,15H2,1H3/t14-/m0/s1. The third-order valence-corrected chi connectivity index (χ3v) is 2.68. The number of benzene rings is 1. The minimum atomic E-state index is 0.278. The van der Waals surface area contributed by atoms with Crippen LogP contribution in [0.3, 0.4) is 0 Å². The molecule has 0 aliphatic heterocycles. The maximum absolute atomic E-state index is 5.80. The molecule has 0 amide bonds. The Balaban J connectivity index is 1.91. The summed E-state index contributed by atoms with van der Waals surface area (Å²) in [5, 5.41) is 3.33. The fourth-order valence-corrected chi connectivity index (χ4v) is 1.50. The molecule has 0 saturated heterocycles. The van der Waals surface area contributed by atoms with Gasteiger partial charge in [0.1, 0.15) is 0 Å². The van der Waals surface area contributed by atoms with Crippen molar-refractivity contribution in [3.63, 3.8) is 0 Å². The van der Waals surface area contributed by atoms with Crippen LogP contribution < -0.4 is 11.1 Å². The van der Waals surface area contributed by atoms with Crippen molar-refractivity contribution in [1.29, 1.82) is 0 Å². The largest absolute Gasteiger partial charge is 0.377 e. The molecule has 3 heteroatoms. The summed E-state index contributed by atoms with van der Waals surface area (Å²) < 4.78 is 5.58. The topological polar surface area (TPSA) is 47.3 Å². The van der Waals surface area contributed by atoms with Gasteiger partial charge in [-0.1, -0.05) is 37.3 Å². The highest BCUT2D eigenvalue weighted by atomic mass is 16.5. The Hall–Kier alpha value is -0.900.